The van der Waals surface area contributed by atoms with Crippen LogP contribution in [-0.4, -0.2) is 40.5 Å². The number of nitrogens with one attached hydrogen (secondary N) is 1. The van der Waals surface area contributed by atoms with Gasteiger partial charge in [0.05, 0.1) is 10.3 Å². The molecule has 24 heavy (non-hydrogen) atoms. The number of nitro benzene ring substituents is 1. The Balaban J connectivity index is 1.90. The Kier molecular flexibility index (Phi) is 3.51. The molecule has 8 nitrogen and oxygen atoms in total. The third-order valence-electron chi connectivity index (χ3n) is 4.33. The van der Waals surface area contributed by atoms with Gasteiger partial charge in [-0.25, -0.2) is 4.79 Å². The molecule has 0 aliphatic carbocycles. The van der Waals surface area contributed by atoms with Gasteiger partial charge in [-0.3, -0.25) is 14.9 Å². The van der Waals surface area contributed by atoms with Gasteiger partial charge in [0.25, 0.3) is 5.69 Å². The van der Waals surface area contributed by atoms with Crippen molar-refractivity contribution in [3.8, 4) is 0 Å². The fourth-order valence-electron chi connectivity index (χ4n) is 3.21. The van der Waals surface area contributed by atoms with Gasteiger partial charge in [-0.05, 0) is 38.8 Å². The number of nitrogens with zero attached hydrogens (tertiary/aromatic N) is 2. The lowest BCUT2D eigenvalue weighted by molar-refractivity contribution is -0.384. The van der Waals surface area contributed by atoms with Crippen molar-refractivity contribution in [2.45, 2.75) is 38.2 Å². The summed E-state index contributed by atoms with van der Waals surface area (Å²) in [5, 5.41) is 13.8. The van der Waals surface area contributed by atoms with Gasteiger partial charge in [0, 0.05) is 30.9 Å². The molecule has 1 unspecified atom stereocenters. The van der Waals surface area contributed by atoms with Crippen molar-refractivity contribution in [1.82, 2.24) is 4.90 Å². The summed E-state index contributed by atoms with van der Waals surface area (Å²) < 4.78 is 5.36. The molecule has 1 aromatic carbocycles. The van der Waals surface area contributed by atoms with Crippen molar-refractivity contribution in [3.05, 3.63) is 33.9 Å². The van der Waals surface area contributed by atoms with Crippen LogP contribution in [0.25, 0.3) is 0 Å². The SMILES string of the molecule is CC(C)(C)OC(=O)N1CCC2(C1)C(=O)Nc1ccc([N+](=O)[O-])cc12. The van der Waals surface area contributed by atoms with Gasteiger partial charge >= 0.3 is 6.09 Å². The Hall–Kier alpha value is -2.64. The first-order chi connectivity index (χ1) is 11.1. The fraction of sp³-hybridized carbons (Fsp3) is 0.500. The molecule has 1 aromatic rings. The van der Waals surface area contributed by atoms with E-state index in [1.165, 1.54) is 23.1 Å². The first-order valence-corrected chi connectivity index (χ1v) is 7.71. The molecule has 1 saturated heterocycles. The molecule has 0 radical (unpaired) electrons. The van der Waals surface area contributed by atoms with Crippen LogP contribution in [-0.2, 0) is 14.9 Å². The Morgan fingerprint density at radius 2 is 2.12 bits per heavy atom. The molecule has 1 fully saturated rings. The maximum atomic E-state index is 12.5. The quantitative estimate of drug-likeness (QED) is 0.628. The maximum Gasteiger partial charge on any atom is 0.410 e. The number of anilines is 1. The minimum Gasteiger partial charge on any atom is -0.444 e. The van der Waals surface area contributed by atoms with E-state index in [0.29, 0.717) is 24.2 Å². The predicted octanol–water partition coefficient (Wildman–Crippen LogP) is 2.43. The molecule has 1 spiro atoms. The number of carbonyl (C=O) groups excluding carboxylic acids is 2. The van der Waals surface area contributed by atoms with Crippen LogP contribution < -0.4 is 5.32 Å². The Morgan fingerprint density at radius 1 is 1.42 bits per heavy atom. The number of hydrogen-bond acceptors (Lipinski definition) is 5. The van der Waals surface area contributed by atoms with Crippen LogP contribution in [0, 0.1) is 10.1 Å². The summed E-state index contributed by atoms with van der Waals surface area (Å²) in [6, 6.07) is 4.32. The first kappa shape index (κ1) is 16.2. The van der Waals surface area contributed by atoms with Crippen LogP contribution in [0.5, 0.6) is 0 Å². The molecular formula is C16H19N3O5. The van der Waals surface area contributed by atoms with Gasteiger partial charge in [-0.1, -0.05) is 0 Å². The van der Waals surface area contributed by atoms with Gasteiger partial charge < -0.3 is 15.0 Å². The highest BCUT2D eigenvalue weighted by Gasteiger charge is 2.53. The van der Waals surface area contributed by atoms with Crippen LogP contribution in [0.3, 0.4) is 0 Å². The van der Waals surface area contributed by atoms with Crippen molar-refractivity contribution in [2.24, 2.45) is 0 Å². The molecule has 3 rings (SSSR count). The lowest BCUT2D eigenvalue weighted by atomic mass is 9.81. The van der Waals surface area contributed by atoms with Gasteiger partial charge in [-0.2, -0.15) is 0 Å². The number of rotatable bonds is 1. The molecule has 2 heterocycles. The Morgan fingerprint density at radius 3 is 2.75 bits per heavy atom. The molecule has 2 aliphatic rings. The van der Waals surface area contributed by atoms with E-state index in [1.54, 1.807) is 20.8 Å². The normalized spacial score (nSPS) is 22.5. The lowest BCUT2D eigenvalue weighted by Crippen LogP contribution is -2.41. The van der Waals surface area contributed by atoms with Crippen LogP contribution >= 0.6 is 0 Å². The van der Waals surface area contributed by atoms with E-state index < -0.39 is 22.0 Å². The molecule has 8 heteroatoms. The molecule has 0 saturated carbocycles. The average Bonchev–Trinajstić information content (AvgIpc) is 3.02. The smallest absolute Gasteiger partial charge is 0.410 e. The van der Waals surface area contributed by atoms with Crippen LogP contribution in [0.4, 0.5) is 16.2 Å². The van der Waals surface area contributed by atoms with Crippen molar-refractivity contribution in [2.75, 3.05) is 18.4 Å². The number of fused-ring (bicyclic) bond motifs is 2. The number of likely N-dealkylation sites (tertiary alicyclic amines) is 1. The standard InChI is InChI=1S/C16H19N3O5/c1-15(2,3)24-14(21)18-7-6-16(9-18)11-8-10(19(22)23)4-5-12(11)17-13(16)20/h4-5,8H,6-7,9H2,1-3H3,(H,17,20). The predicted molar refractivity (Wildman–Crippen MR) is 85.8 cm³/mol. The van der Waals surface area contributed by atoms with E-state index in [0.717, 1.165) is 0 Å². The summed E-state index contributed by atoms with van der Waals surface area (Å²) >= 11 is 0. The van der Waals surface area contributed by atoms with E-state index in [1.807, 2.05) is 0 Å². The van der Waals surface area contributed by atoms with Gasteiger partial charge in [0.1, 0.15) is 5.60 Å². The summed E-state index contributed by atoms with van der Waals surface area (Å²) in [7, 11) is 0. The minimum atomic E-state index is -0.946. The number of nitro groups is 1. The van der Waals surface area contributed by atoms with E-state index >= 15 is 0 Å². The summed E-state index contributed by atoms with van der Waals surface area (Å²) in [6.45, 7) is 5.85. The second kappa shape index (κ2) is 5.19. The Labute approximate surface area is 138 Å². The second-order valence-electron chi connectivity index (χ2n) is 7.18. The van der Waals surface area contributed by atoms with Gasteiger partial charge in [0.2, 0.25) is 5.91 Å². The fourth-order valence-corrected chi connectivity index (χ4v) is 3.21. The topological polar surface area (TPSA) is 102 Å². The number of carbonyl (C=O) groups is 2. The van der Waals surface area contributed by atoms with E-state index in [-0.39, 0.29) is 18.1 Å². The van der Waals surface area contributed by atoms with Gasteiger partial charge in [0.15, 0.2) is 0 Å². The summed E-state index contributed by atoms with van der Waals surface area (Å²) in [6.07, 6.45) is -0.0715. The average molecular weight is 333 g/mol. The zero-order valence-corrected chi connectivity index (χ0v) is 13.8. The summed E-state index contributed by atoms with van der Waals surface area (Å²) in [5.41, 5.74) is -0.496. The third-order valence-corrected chi connectivity index (χ3v) is 4.33. The number of benzene rings is 1. The zero-order chi connectivity index (χ0) is 17.7. The monoisotopic (exact) mass is 333 g/mol. The minimum absolute atomic E-state index is 0.0691. The second-order valence-corrected chi connectivity index (χ2v) is 7.18. The van der Waals surface area contributed by atoms with Crippen molar-refractivity contribution < 1.29 is 19.2 Å². The molecular weight excluding hydrogens is 314 g/mol. The first-order valence-electron chi connectivity index (χ1n) is 7.71. The van der Waals surface area contributed by atoms with E-state index in [2.05, 4.69) is 5.32 Å². The molecule has 1 atom stereocenters. The van der Waals surface area contributed by atoms with Crippen molar-refractivity contribution in [1.29, 1.82) is 0 Å². The van der Waals surface area contributed by atoms with Crippen LogP contribution in [0.15, 0.2) is 18.2 Å². The number of hydrogen-bond donors (Lipinski definition) is 1. The summed E-state index contributed by atoms with van der Waals surface area (Å²) in [4.78, 5) is 36.8. The molecule has 0 bridgehead atoms. The van der Waals surface area contributed by atoms with Crippen molar-refractivity contribution in [3.63, 3.8) is 0 Å². The maximum absolute atomic E-state index is 12.5. The number of non-ortho nitro benzene ring substituents is 1. The van der Waals surface area contributed by atoms with Crippen LogP contribution in [0.2, 0.25) is 0 Å². The third kappa shape index (κ3) is 2.57. The van der Waals surface area contributed by atoms with Crippen molar-refractivity contribution >= 4 is 23.4 Å². The highest BCUT2D eigenvalue weighted by atomic mass is 16.6. The largest absolute Gasteiger partial charge is 0.444 e. The molecule has 1 N–H and O–H groups in total. The Bertz CT molecular complexity index is 740. The van der Waals surface area contributed by atoms with Gasteiger partial charge in [-0.15, -0.1) is 0 Å². The van der Waals surface area contributed by atoms with E-state index in [9.17, 15) is 19.7 Å². The number of ether oxygens (including phenoxy) is 1. The molecule has 128 valence electrons. The molecule has 0 aromatic heterocycles. The number of amides is 2. The highest BCUT2D eigenvalue weighted by molar-refractivity contribution is 6.07. The van der Waals surface area contributed by atoms with Crippen LogP contribution in [0.1, 0.15) is 32.8 Å². The molecule has 2 amide bonds. The van der Waals surface area contributed by atoms with E-state index in [4.69, 9.17) is 4.74 Å². The molecule has 2 aliphatic heterocycles. The lowest BCUT2D eigenvalue weighted by Gasteiger charge is -2.26. The summed E-state index contributed by atoms with van der Waals surface area (Å²) in [5.74, 6) is -0.232. The highest BCUT2D eigenvalue weighted by Crippen LogP contribution is 2.45. The zero-order valence-electron chi connectivity index (χ0n) is 13.8.